The number of rotatable bonds is 4. The summed E-state index contributed by atoms with van der Waals surface area (Å²) in [6, 6.07) is 5.39. The Morgan fingerprint density at radius 3 is 2.86 bits per heavy atom. The number of hydrogen-bond donors (Lipinski definition) is 1. The SMILES string of the molecule is O=C(O)COC1=C(c2ccc(Cl)c(Cl)c2)CC2CC[C@@H]1O2. The van der Waals surface area contributed by atoms with Crippen molar-refractivity contribution < 1.29 is 19.4 Å². The molecular weight excluding hydrogens is 315 g/mol. The topological polar surface area (TPSA) is 55.8 Å². The standard InChI is InChI=1S/C15H14Cl2O4/c16-11-3-1-8(5-12(11)17)10-6-9-2-4-13(21-9)15(10)20-7-14(18)19/h1,3,5,9,13H,2,4,6-7H2,(H,18,19)/t9?,13-/m0/s1. The Hall–Kier alpha value is -1.23. The molecule has 3 rings (SSSR count). The second-order valence-corrected chi connectivity index (χ2v) is 6.00. The number of carbonyl (C=O) groups is 1. The number of hydrogen-bond acceptors (Lipinski definition) is 3. The third kappa shape index (κ3) is 3.03. The van der Waals surface area contributed by atoms with Crippen LogP contribution in [-0.2, 0) is 14.3 Å². The van der Waals surface area contributed by atoms with Crippen LogP contribution >= 0.6 is 23.2 Å². The second kappa shape index (κ2) is 5.87. The maximum Gasteiger partial charge on any atom is 0.341 e. The highest BCUT2D eigenvalue weighted by Gasteiger charge is 2.37. The van der Waals surface area contributed by atoms with Crippen LogP contribution in [0.25, 0.3) is 5.57 Å². The minimum absolute atomic E-state index is 0.160. The van der Waals surface area contributed by atoms with E-state index in [4.69, 9.17) is 37.8 Å². The first-order valence-corrected chi connectivity index (χ1v) is 7.48. The molecule has 21 heavy (non-hydrogen) atoms. The molecule has 0 aliphatic carbocycles. The minimum Gasteiger partial charge on any atom is -0.483 e. The molecule has 2 aliphatic heterocycles. The predicted octanol–water partition coefficient (Wildman–Crippen LogP) is 3.76. The van der Waals surface area contributed by atoms with Crippen molar-refractivity contribution in [2.24, 2.45) is 0 Å². The van der Waals surface area contributed by atoms with Crippen molar-refractivity contribution in [2.75, 3.05) is 6.61 Å². The fraction of sp³-hybridized carbons (Fsp3) is 0.400. The van der Waals surface area contributed by atoms with Gasteiger partial charge in [0.05, 0.1) is 16.1 Å². The Labute approximate surface area is 132 Å². The van der Waals surface area contributed by atoms with E-state index in [1.165, 1.54) is 0 Å². The van der Waals surface area contributed by atoms with Crippen molar-refractivity contribution in [2.45, 2.75) is 31.5 Å². The first-order valence-electron chi connectivity index (χ1n) is 6.73. The van der Waals surface area contributed by atoms with Gasteiger partial charge in [0.15, 0.2) is 6.61 Å². The number of carboxylic acid groups (broad SMARTS) is 1. The maximum atomic E-state index is 10.8. The first kappa shape index (κ1) is 14.7. The van der Waals surface area contributed by atoms with Gasteiger partial charge in [-0.15, -0.1) is 0 Å². The molecule has 1 aromatic carbocycles. The molecule has 1 aromatic rings. The van der Waals surface area contributed by atoms with Crippen molar-refractivity contribution in [3.8, 4) is 0 Å². The second-order valence-electron chi connectivity index (χ2n) is 5.18. The number of ether oxygens (including phenoxy) is 2. The highest BCUT2D eigenvalue weighted by Crippen LogP contribution is 2.42. The molecule has 112 valence electrons. The number of fused-ring (bicyclic) bond motifs is 2. The Balaban J connectivity index is 1.98. The summed E-state index contributed by atoms with van der Waals surface area (Å²) in [7, 11) is 0. The predicted molar refractivity (Wildman–Crippen MR) is 79.5 cm³/mol. The van der Waals surface area contributed by atoms with Gasteiger partial charge in [0.25, 0.3) is 0 Å². The van der Waals surface area contributed by atoms with Gasteiger partial charge in [-0.2, -0.15) is 0 Å². The molecular formula is C15H14Cl2O4. The van der Waals surface area contributed by atoms with Crippen LogP contribution in [0.3, 0.4) is 0 Å². The summed E-state index contributed by atoms with van der Waals surface area (Å²) in [6.07, 6.45) is 2.51. The van der Waals surface area contributed by atoms with Crippen LogP contribution in [-0.4, -0.2) is 29.9 Å². The molecule has 1 unspecified atom stereocenters. The van der Waals surface area contributed by atoms with E-state index in [0.717, 1.165) is 24.0 Å². The van der Waals surface area contributed by atoms with Crippen LogP contribution in [0.15, 0.2) is 24.0 Å². The molecule has 1 N–H and O–H groups in total. The molecule has 0 saturated carbocycles. The number of carboxylic acids is 1. The van der Waals surface area contributed by atoms with Crippen LogP contribution in [0.4, 0.5) is 0 Å². The molecule has 1 fully saturated rings. The largest absolute Gasteiger partial charge is 0.483 e. The van der Waals surface area contributed by atoms with Crippen molar-refractivity contribution in [3.63, 3.8) is 0 Å². The van der Waals surface area contributed by atoms with Crippen LogP contribution in [0, 0.1) is 0 Å². The third-order valence-electron chi connectivity index (χ3n) is 3.75. The highest BCUT2D eigenvalue weighted by atomic mass is 35.5. The first-order chi connectivity index (χ1) is 10.0. The van der Waals surface area contributed by atoms with Crippen molar-refractivity contribution in [1.29, 1.82) is 0 Å². The lowest BCUT2D eigenvalue weighted by Crippen LogP contribution is -2.24. The summed E-state index contributed by atoms with van der Waals surface area (Å²) in [6.45, 7) is -0.370. The van der Waals surface area contributed by atoms with E-state index >= 15 is 0 Å². The summed E-state index contributed by atoms with van der Waals surface area (Å²) in [5, 5.41) is 9.78. The van der Waals surface area contributed by atoms with Gasteiger partial charge < -0.3 is 14.6 Å². The van der Waals surface area contributed by atoms with E-state index in [0.29, 0.717) is 22.2 Å². The maximum absolute atomic E-state index is 10.8. The van der Waals surface area contributed by atoms with E-state index in [-0.39, 0.29) is 18.8 Å². The van der Waals surface area contributed by atoms with Crippen molar-refractivity contribution in [1.82, 2.24) is 0 Å². The zero-order valence-corrected chi connectivity index (χ0v) is 12.7. The average Bonchev–Trinajstić information content (AvgIpc) is 2.83. The molecule has 0 aromatic heterocycles. The van der Waals surface area contributed by atoms with Crippen LogP contribution in [0.5, 0.6) is 0 Å². The zero-order chi connectivity index (χ0) is 15.0. The minimum atomic E-state index is -1.00. The van der Waals surface area contributed by atoms with Crippen LogP contribution < -0.4 is 0 Å². The average molecular weight is 329 g/mol. The van der Waals surface area contributed by atoms with Gasteiger partial charge in [0, 0.05) is 12.0 Å². The lowest BCUT2D eigenvalue weighted by Gasteiger charge is -2.27. The molecule has 6 heteroatoms. The summed E-state index contributed by atoms with van der Waals surface area (Å²) < 4.78 is 11.3. The lowest BCUT2D eigenvalue weighted by atomic mass is 9.97. The highest BCUT2D eigenvalue weighted by molar-refractivity contribution is 6.42. The van der Waals surface area contributed by atoms with E-state index < -0.39 is 5.97 Å². The fourth-order valence-electron chi connectivity index (χ4n) is 2.83. The Bertz CT molecular complexity index is 612. The third-order valence-corrected chi connectivity index (χ3v) is 4.49. The van der Waals surface area contributed by atoms with E-state index in [2.05, 4.69) is 0 Å². The summed E-state index contributed by atoms with van der Waals surface area (Å²) in [5.74, 6) is -0.388. The molecule has 4 nitrogen and oxygen atoms in total. The van der Waals surface area contributed by atoms with Gasteiger partial charge in [0.1, 0.15) is 11.9 Å². The molecule has 0 spiro atoms. The van der Waals surface area contributed by atoms with Crippen LogP contribution in [0.1, 0.15) is 24.8 Å². The molecule has 2 bridgehead atoms. The quantitative estimate of drug-likeness (QED) is 0.914. The van der Waals surface area contributed by atoms with Gasteiger partial charge in [-0.05, 0) is 30.5 Å². The van der Waals surface area contributed by atoms with E-state index in [9.17, 15) is 4.79 Å². The summed E-state index contributed by atoms with van der Waals surface area (Å²) in [4.78, 5) is 10.8. The monoisotopic (exact) mass is 328 g/mol. The summed E-state index contributed by atoms with van der Waals surface area (Å²) in [5.41, 5.74) is 1.87. The van der Waals surface area contributed by atoms with E-state index in [1.54, 1.807) is 12.1 Å². The molecule has 0 amide bonds. The van der Waals surface area contributed by atoms with Gasteiger partial charge >= 0.3 is 5.97 Å². The van der Waals surface area contributed by atoms with Gasteiger partial charge in [0.2, 0.25) is 0 Å². The van der Waals surface area contributed by atoms with E-state index in [1.807, 2.05) is 6.07 Å². The van der Waals surface area contributed by atoms with Crippen molar-refractivity contribution >= 4 is 34.7 Å². The molecule has 2 heterocycles. The van der Waals surface area contributed by atoms with Crippen molar-refractivity contribution in [3.05, 3.63) is 39.6 Å². The normalized spacial score (nSPS) is 24.3. The van der Waals surface area contributed by atoms with Gasteiger partial charge in [-0.1, -0.05) is 29.3 Å². The summed E-state index contributed by atoms with van der Waals surface area (Å²) >= 11 is 12.0. The molecule has 0 radical (unpaired) electrons. The van der Waals surface area contributed by atoms with Gasteiger partial charge in [-0.25, -0.2) is 4.79 Å². The number of aliphatic carboxylic acids is 1. The zero-order valence-electron chi connectivity index (χ0n) is 11.1. The number of benzene rings is 1. The Morgan fingerprint density at radius 2 is 2.14 bits per heavy atom. The van der Waals surface area contributed by atoms with Gasteiger partial charge in [-0.3, -0.25) is 0 Å². The van der Waals surface area contributed by atoms with Crippen LogP contribution in [0.2, 0.25) is 10.0 Å². The molecule has 2 aliphatic rings. The molecule has 1 saturated heterocycles. The Morgan fingerprint density at radius 1 is 1.33 bits per heavy atom. The molecule has 2 atom stereocenters. The smallest absolute Gasteiger partial charge is 0.341 e. The fourth-order valence-corrected chi connectivity index (χ4v) is 3.13. The number of halogens is 2. The Kier molecular flexibility index (Phi) is 4.11. The lowest BCUT2D eigenvalue weighted by molar-refractivity contribution is -0.141.